The third kappa shape index (κ3) is 5.00. The standard InChI is InChI=1S/C12H23N.H3P/c1-3-8-11(4-2)13-12-9-6-5-7-10-12;/h8,12-13H,3-7,9-10H2,1-2H3;1H3. The predicted octanol–water partition coefficient (Wildman–Crippen LogP) is 3.67. The van der Waals surface area contributed by atoms with E-state index in [0.29, 0.717) is 0 Å². The van der Waals surface area contributed by atoms with Gasteiger partial charge in [0.1, 0.15) is 0 Å². The number of allylic oxidation sites excluding steroid dienone is 2. The van der Waals surface area contributed by atoms with Crippen LogP contribution in [0, 0.1) is 0 Å². The minimum Gasteiger partial charge on any atom is -0.386 e. The van der Waals surface area contributed by atoms with E-state index in [0.717, 1.165) is 18.9 Å². The molecule has 0 heterocycles. The van der Waals surface area contributed by atoms with Crippen LogP contribution >= 0.6 is 9.90 Å². The summed E-state index contributed by atoms with van der Waals surface area (Å²) in [5.41, 5.74) is 1.45. The molecule has 0 radical (unpaired) electrons. The van der Waals surface area contributed by atoms with Crippen molar-refractivity contribution in [1.82, 2.24) is 5.32 Å². The van der Waals surface area contributed by atoms with Gasteiger partial charge in [0.05, 0.1) is 0 Å². The van der Waals surface area contributed by atoms with Crippen LogP contribution in [0.5, 0.6) is 0 Å². The maximum Gasteiger partial charge on any atom is 0.0258 e. The van der Waals surface area contributed by atoms with Gasteiger partial charge in [0.2, 0.25) is 0 Å². The number of nitrogens with one attached hydrogen (secondary N) is 1. The van der Waals surface area contributed by atoms with Gasteiger partial charge in [0.15, 0.2) is 0 Å². The van der Waals surface area contributed by atoms with Crippen molar-refractivity contribution in [2.45, 2.75) is 64.8 Å². The van der Waals surface area contributed by atoms with Gasteiger partial charge in [0, 0.05) is 11.7 Å². The lowest BCUT2D eigenvalue weighted by Gasteiger charge is -2.25. The van der Waals surface area contributed by atoms with E-state index in [1.54, 1.807) is 0 Å². The van der Waals surface area contributed by atoms with Gasteiger partial charge in [-0.1, -0.05) is 39.2 Å². The van der Waals surface area contributed by atoms with Crippen molar-refractivity contribution < 1.29 is 0 Å². The van der Waals surface area contributed by atoms with E-state index in [9.17, 15) is 0 Å². The molecule has 1 saturated carbocycles. The molecule has 84 valence electrons. The van der Waals surface area contributed by atoms with Crippen LogP contribution in [0.3, 0.4) is 0 Å². The highest BCUT2D eigenvalue weighted by Gasteiger charge is 2.12. The first-order valence-electron chi connectivity index (χ1n) is 5.82. The summed E-state index contributed by atoms with van der Waals surface area (Å²) < 4.78 is 0. The average molecular weight is 215 g/mol. The summed E-state index contributed by atoms with van der Waals surface area (Å²) in [5.74, 6) is 0. The van der Waals surface area contributed by atoms with Crippen LogP contribution in [0.1, 0.15) is 58.8 Å². The Balaban J connectivity index is 0.00000169. The Kier molecular flexibility index (Phi) is 8.27. The Morgan fingerprint density at radius 3 is 2.36 bits per heavy atom. The minimum atomic E-state index is 0. The highest BCUT2D eigenvalue weighted by atomic mass is 31.0. The zero-order valence-corrected chi connectivity index (χ0v) is 11.2. The Morgan fingerprint density at radius 2 is 1.86 bits per heavy atom. The second-order valence-corrected chi connectivity index (χ2v) is 3.97. The molecular formula is C12H26NP. The maximum absolute atomic E-state index is 3.67. The molecule has 1 atom stereocenters. The van der Waals surface area contributed by atoms with Gasteiger partial charge in [-0.3, -0.25) is 0 Å². The third-order valence-electron chi connectivity index (χ3n) is 2.83. The molecule has 0 saturated heterocycles. The lowest BCUT2D eigenvalue weighted by molar-refractivity contribution is 0.393. The Labute approximate surface area is 92.4 Å². The molecule has 1 aliphatic carbocycles. The summed E-state index contributed by atoms with van der Waals surface area (Å²) in [6, 6.07) is 0.770. The van der Waals surface area contributed by atoms with E-state index >= 15 is 0 Å². The van der Waals surface area contributed by atoms with Crippen LogP contribution in [0.2, 0.25) is 0 Å². The molecule has 0 aliphatic heterocycles. The summed E-state index contributed by atoms with van der Waals surface area (Å²) in [6.45, 7) is 4.44. The van der Waals surface area contributed by atoms with Crippen molar-refractivity contribution in [2.24, 2.45) is 0 Å². The van der Waals surface area contributed by atoms with Crippen molar-refractivity contribution in [1.29, 1.82) is 0 Å². The molecule has 0 bridgehead atoms. The topological polar surface area (TPSA) is 12.0 Å². The van der Waals surface area contributed by atoms with Crippen molar-refractivity contribution in [3.8, 4) is 0 Å². The Hall–Kier alpha value is -0.0300. The van der Waals surface area contributed by atoms with Crippen molar-refractivity contribution >= 4 is 9.90 Å². The number of hydrogen-bond donors (Lipinski definition) is 1. The fourth-order valence-corrected chi connectivity index (χ4v) is 2.06. The normalized spacial score (nSPS) is 18.9. The van der Waals surface area contributed by atoms with Crippen molar-refractivity contribution in [3.63, 3.8) is 0 Å². The molecule has 1 rings (SSSR count). The highest BCUT2D eigenvalue weighted by Crippen LogP contribution is 2.18. The molecule has 0 aromatic heterocycles. The quantitative estimate of drug-likeness (QED) is 0.705. The second-order valence-electron chi connectivity index (χ2n) is 3.97. The van der Waals surface area contributed by atoms with Gasteiger partial charge in [0.25, 0.3) is 0 Å². The summed E-state index contributed by atoms with van der Waals surface area (Å²) in [5, 5.41) is 3.67. The summed E-state index contributed by atoms with van der Waals surface area (Å²) in [7, 11) is 0. The highest BCUT2D eigenvalue weighted by molar-refractivity contribution is 6.92. The molecule has 1 fully saturated rings. The molecule has 2 heteroatoms. The lowest BCUT2D eigenvalue weighted by Crippen LogP contribution is -2.30. The first-order chi connectivity index (χ1) is 6.36. The molecule has 0 amide bonds. The first kappa shape index (κ1) is 14.0. The summed E-state index contributed by atoms with van der Waals surface area (Å²) in [6.07, 6.45) is 11.7. The number of hydrogen-bond acceptors (Lipinski definition) is 1. The molecule has 14 heavy (non-hydrogen) atoms. The zero-order valence-electron chi connectivity index (χ0n) is 9.81. The first-order valence-corrected chi connectivity index (χ1v) is 5.82. The van der Waals surface area contributed by atoms with Crippen LogP contribution in [-0.4, -0.2) is 6.04 Å². The van der Waals surface area contributed by atoms with Crippen LogP contribution in [0.15, 0.2) is 11.8 Å². The van der Waals surface area contributed by atoms with Crippen LogP contribution in [0.25, 0.3) is 0 Å². The molecule has 0 aromatic carbocycles. The third-order valence-corrected chi connectivity index (χ3v) is 2.83. The van der Waals surface area contributed by atoms with E-state index < -0.39 is 0 Å². The maximum atomic E-state index is 3.67. The largest absolute Gasteiger partial charge is 0.386 e. The molecule has 0 spiro atoms. The fourth-order valence-electron chi connectivity index (χ4n) is 2.06. The van der Waals surface area contributed by atoms with Crippen LogP contribution in [0.4, 0.5) is 0 Å². The van der Waals surface area contributed by atoms with Crippen LogP contribution < -0.4 is 5.32 Å². The fraction of sp³-hybridized carbons (Fsp3) is 0.833. The molecule has 0 aromatic rings. The van der Waals surface area contributed by atoms with Crippen molar-refractivity contribution in [3.05, 3.63) is 11.8 Å². The van der Waals surface area contributed by atoms with Gasteiger partial charge in [-0.15, -0.1) is 0 Å². The predicted molar refractivity (Wildman–Crippen MR) is 69.8 cm³/mol. The van der Waals surface area contributed by atoms with Crippen molar-refractivity contribution in [2.75, 3.05) is 0 Å². The SMILES string of the molecule is CCC=C(CC)NC1CCCCC1.P. The molecule has 1 unspecified atom stereocenters. The van der Waals surface area contributed by atoms with Gasteiger partial charge < -0.3 is 5.32 Å². The van der Waals surface area contributed by atoms with E-state index in [1.165, 1.54) is 37.8 Å². The smallest absolute Gasteiger partial charge is 0.0258 e. The minimum absolute atomic E-state index is 0. The van der Waals surface area contributed by atoms with Crippen LogP contribution in [-0.2, 0) is 0 Å². The summed E-state index contributed by atoms with van der Waals surface area (Å²) >= 11 is 0. The van der Waals surface area contributed by atoms with Gasteiger partial charge in [-0.25, -0.2) is 0 Å². The van der Waals surface area contributed by atoms with Gasteiger partial charge in [-0.2, -0.15) is 9.90 Å². The monoisotopic (exact) mass is 215 g/mol. The molecule has 1 nitrogen and oxygen atoms in total. The van der Waals surface area contributed by atoms with E-state index in [1.807, 2.05) is 0 Å². The van der Waals surface area contributed by atoms with E-state index in [4.69, 9.17) is 0 Å². The number of rotatable bonds is 4. The van der Waals surface area contributed by atoms with E-state index in [2.05, 4.69) is 25.2 Å². The summed E-state index contributed by atoms with van der Waals surface area (Å²) in [4.78, 5) is 0. The van der Waals surface area contributed by atoms with Gasteiger partial charge in [-0.05, 0) is 25.7 Å². The molecule has 1 aliphatic rings. The van der Waals surface area contributed by atoms with E-state index in [-0.39, 0.29) is 9.90 Å². The average Bonchev–Trinajstić information content (AvgIpc) is 2.19. The molecule has 1 N–H and O–H groups in total. The Bertz CT molecular complexity index is 160. The lowest BCUT2D eigenvalue weighted by atomic mass is 9.95. The zero-order chi connectivity index (χ0) is 9.52. The van der Waals surface area contributed by atoms with Gasteiger partial charge >= 0.3 is 0 Å². The Morgan fingerprint density at radius 1 is 1.21 bits per heavy atom. The molecular weight excluding hydrogens is 189 g/mol. The second kappa shape index (κ2) is 8.29.